The highest BCUT2D eigenvalue weighted by Gasteiger charge is 2.07. The number of rotatable bonds is 2. The summed E-state index contributed by atoms with van der Waals surface area (Å²) in [5, 5.41) is 0. The van der Waals surface area contributed by atoms with E-state index in [-0.39, 0.29) is 0 Å². The highest BCUT2D eigenvalue weighted by molar-refractivity contribution is 5.75. The van der Waals surface area contributed by atoms with Crippen molar-refractivity contribution in [1.82, 2.24) is 0 Å². The second-order valence-corrected chi connectivity index (χ2v) is 3.64. The first-order valence-corrected chi connectivity index (χ1v) is 4.83. The number of aryl methyl sites for hydroxylation is 2. The standard InChI is InChI=1S/C13H12O2/c1-9-3-5-11(6-4-9)12-7-10(2)13(8-14)15-12/h3-8H,1-2H3. The topological polar surface area (TPSA) is 30.2 Å². The summed E-state index contributed by atoms with van der Waals surface area (Å²) in [6.45, 7) is 3.90. The summed E-state index contributed by atoms with van der Waals surface area (Å²) in [6.07, 6.45) is 0.743. The number of benzene rings is 1. The fourth-order valence-corrected chi connectivity index (χ4v) is 1.47. The lowest BCUT2D eigenvalue weighted by Crippen LogP contribution is -1.75. The third-order valence-corrected chi connectivity index (χ3v) is 2.40. The molecule has 0 unspecified atom stereocenters. The van der Waals surface area contributed by atoms with Crippen LogP contribution in [0, 0.1) is 13.8 Å². The van der Waals surface area contributed by atoms with E-state index in [1.165, 1.54) is 5.56 Å². The molecular formula is C13H12O2. The van der Waals surface area contributed by atoms with Crippen LogP contribution >= 0.6 is 0 Å². The Balaban J connectivity index is 2.45. The Labute approximate surface area is 88.5 Å². The third kappa shape index (κ3) is 1.84. The van der Waals surface area contributed by atoms with Crippen LogP contribution in [0.2, 0.25) is 0 Å². The summed E-state index contributed by atoms with van der Waals surface area (Å²) in [4.78, 5) is 10.6. The van der Waals surface area contributed by atoms with Crippen LogP contribution in [0.15, 0.2) is 34.7 Å². The Morgan fingerprint density at radius 3 is 2.33 bits per heavy atom. The van der Waals surface area contributed by atoms with Crippen LogP contribution in [-0.4, -0.2) is 6.29 Å². The van der Waals surface area contributed by atoms with Crippen molar-refractivity contribution in [2.45, 2.75) is 13.8 Å². The van der Waals surface area contributed by atoms with Gasteiger partial charge in [-0.25, -0.2) is 0 Å². The summed E-state index contributed by atoms with van der Waals surface area (Å²) in [5.74, 6) is 1.15. The molecule has 0 aliphatic rings. The minimum atomic E-state index is 0.408. The molecular weight excluding hydrogens is 188 g/mol. The molecule has 1 heterocycles. The first-order chi connectivity index (χ1) is 7.20. The number of furan rings is 1. The van der Waals surface area contributed by atoms with Gasteiger partial charge < -0.3 is 4.42 Å². The lowest BCUT2D eigenvalue weighted by atomic mass is 10.1. The van der Waals surface area contributed by atoms with Gasteiger partial charge in [-0.05, 0) is 25.5 Å². The van der Waals surface area contributed by atoms with Crippen molar-refractivity contribution in [1.29, 1.82) is 0 Å². The normalized spacial score (nSPS) is 10.3. The molecule has 76 valence electrons. The second kappa shape index (κ2) is 3.73. The smallest absolute Gasteiger partial charge is 0.185 e. The van der Waals surface area contributed by atoms with Gasteiger partial charge in [0.2, 0.25) is 0 Å². The van der Waals surface area contributed by atoms with Gasteiger partial charge in [-0.1, -0.05) is 29.8 Å². The van der Waals surface area contributed by atoms with Gasteiger partial charge in [0.25, 0.3) is 0 Å². The highest BCUT2D eigenvalue weighted by atomic mass is 16.3. The SMILES string of the molecule is Cc1ccc(-c2cc(C)c(C=O)o2)cc1. The predicted molar refractivity (Wildman–Crippen MR) is 59.0 cm³/mol. The summed E-state index contributed by atoms with van der Waals surface area (Å²) >= 11 is 0. The van der Waals surface area contributed by atoms with E-state index in [0.29, 0.717) is 5.76 Å². The van der Waals surface area contributed by atoms with Crippen LogP contribution < -0.4 is 0 Å². The zero-order valence-electron chi connectivity index (χ0n) is 8.78. The Kier molecular flexibility index (Phi) is 2.42. The van der Waals surface area contributed by atoms with E-state index in [1.54, 1.807) is 0 Å². The lowest BCUT2D eigenvalue weighted by molar-refractivity contribution is 0.110. The minimum absolute atomic E-state index is 0.408. The van der Waals surface area contributed by atoms with Crippen LogP contribution in [0.5, 0.6) is 0 Å². The van der Waals surface area contributed by atoms with E-state index in [0.717, 1.165) is 23.2 Å². The average molecular weight is 200 g/mol. The van der Waals surface area contributed by atoms with E-state index in [9.17, 15) is 4.79 Å². The molecule has 0 saturated carbocycles. The molecule has 0 amide bonds. The van der Waals surface area contributed by atoms with E-state index >= 15 is 0 Å². The monoisotopic (exact) mass is 200 g/mol. The van der Waals surface area contributed by atoms with Crippen LogP contribution in [-0.2, 0) is 0 Å². The number of aldehydes is 1. The van der Waals surface area contributed by atoms with Crippen molar-refractivity contribution in [3.63, 3.8) is 0 Å². The summed E-state index contributed by atoms with van der Waals surface area (Å²) in [6, 6.07) is 9.90. The molecule has 15 heavy (non-hydrogen) atoms. The minimum Gasteiger partial charge on any atom is -0.453 e. The van der Waals surface area contributed by atoms with Gasteiger partial charge in [-0.3, -0.25) is 4.79 Å². The third-order valence-electron chi connectivity index (χ3n) is 2.40. The Morgan fingerprint density at radius 1 is 1.13 bits per heavy atom. The van der Waals surface area contributed by atoms with Crippen molar-refractivity contribution in [2.75, 3.05) is 0 Å². The van der Waals surface area contributed by atoms with Gasteiger partial charge in [-0.15, -0.1) is 0 Å². The molecule has 0 atom stereocenters. The van der Waals surface area contributed by atoms with Gasteiger partial charge in [0, 0.05) is 5.56 Å². The fourth-order valence-electron chi connectivity index (χ4n) is 1.47. The van der Waals surface area contributed by atoms with Crippen molar-refractivity contribution in [3.8, 4) is 11.3 Å². The van der Waals surface area contributed by atoms with E-state index in [1.807, 2.05) is 44.2 Å². The van der Waals surface area contributed by atoms with E-state index in [4.69, 9.17) is 4.42 Å². The summed E-state index contributed by atoms with van der Waals surface area (Å²) in [5.41, 5.74) is 3.08. The van der Waals surface area contributed by atoms with Gasteiger partial charge in [0.05, 0.1) is 0 Å². The van der Waals surface area contributed by atoms with Crippen molar-refractivity contribution in [2.24, 2.45) is 0 Å². The van der Waals surface area contributed by atoms with Crippen LogP contribution in [0.4, 0.5) is 0 Å². The zero-order valence-corrected chi connectivity index (χ0v) is 8.78. The van der Waals surface area contributed by atoms with E-state index in [2.05, 4.69) is 0 Å². The molecule has 2 nitrogen and oxygen atoms in total. The molecule has 1 aromatic carbocycles. The Hall–Kier alpha value is -1.83. The van der Waals surface area contributed by atoms with Crippen molar-refractivity contribution >= 4 is 6.29 Å². The number of hydrogen-bond acceptors (Lipinski definition) is 2. The molecule has 0 fully saturated rings. The average Bonchev–Trinajstić information content (AvgIpc) is 2.61. The second-order valence-electron chi connectivity index (χ2n) is 3.64. The highest BCUT2D eigenvalue weighted by Crippen LogP contribution is 2.24. The molecule has 2 rings (SSSR count). The van der Waals surface area contributed by atoms with Crippen LogP contribution in [0.3, 0.4) is 0 Å². The molecule has 2 heteroatoms. The van der Waals surface area contributed by atoms with Crippen molar-refractivity contribution in [3.05, 3.63) is 47.2 Å². The maximum absolute atomic E-state index is 10.6. The molecule has 0 aliphatic heterocycles. The molecule has 0 aliphatic carbocycles. The predicted octanol–water partition coefficient (Wildman–Crippen LogP) is 3.38. The molecule has 0 saturated heterocycles. The van der Waals surface area contributed by atoms with Gasteiger partial charge in [0.1, 0.15) is 5.76 Å². The number of hydrogen-bond donors (Lipinski definition) is 0. The quantitative estimate of drug-likeness (QED) is 0.695. The summed E-state index contributed by atoms with van der Waals surface area (Å²) in [7, 11) is 0. The van der Waals surface area contributed by atoms with Gasteiger partial charge in [0.15, 0.2) is 12.0 Å². The number of carbonyl (C=O) groups excluding carboxylic acids is 1. The fraction of sp³-hybridized carbons (Fsp3) is 0.154. The van der Waals surface area contributed by atoms with Crippen molar-refractivity contribution < 1.29 is 9.21 Å². The molecule has 0 bridgehead atoms. The Morgan fingerprint density at radius 2 is 1.80 bits per heavy atom. The Bertz CT molecular complexity index is 478. The maximum atomic E-state index is 10.6. The van der Waals surface area contributed by atoms with Gasteiger partial charge in [-0.2, -0.15) is 0 Å². The molecule has 0 spiro atoms. The first kappa shape index (κ1) is 9.71. The molecule has 0 N–H and O–H groups in total. The summed E-state index contributed by atoms with van der Waals surface area (Å²) < 4.78 is 5.42. The van der Waals surface area contributed by atoms with Crippen LogP contribution in [0.25, 0.3) is 11.3 Å². The van der Waals surface area contributed by atoms with Gasteiger partial charge >= 0.3 is 0 Å². The van der Waals surface area contributed by atoms with E-state index < -0.39 is 0 Å². The van der Waals surface area contributed by atoms with Crippen LogP contribution in [0.1, 0.15) is 21.7 Å². The maximum Gasteiger partial charge on any atom is 0.185 e. The first-order valence-electron chi connectivity index (χ1n) is 4.83. The molecule has 0 radical (unpaired) electrons. The molecule has 1 aromatic heterocycles. The zero-order chi connectivity index (χ0) is 10.8. The largest absolute Gasteiger partial charge is 0.453 e. The number of carbonyl (C=O) groups is 1. The lowest BCUT2D eigenvalue weighted by Gasteiger charge is -1.96. The molecule has 2 aromatic rings.